The lowest BCUT2D eigenvalue weighted by Gasteiger charge is -2.07. The standard InChI is InChI=1S/C12H11F2NO/c1-3-7-6(2)15-11-9(14)5-4-8(13)10(11)12(7)16/h4-5H,3H2,1-2H3,(H,15,16). The smallest absolute Gasteiger partial charge is 0.195 e. The van der Waals surface area contributed by atoms with Crippen molar-refractivity contribution >= 4 is 10.9 Å². The third-order valence-corrected chi connectivity index (χ3v) is 2.72. The first-order chi connectivity index (χ1) is 7.56. The number of aromatic nitrogens is 1. The predicted octanol–water partition coefficient (Wildman–Crippen LogP) is 2.68. The van der Waals surface area contributed by atoms with Crippen LogP contribution in [0, 0.1) is 18.6 Å². The van der Waals surface area contributed by atoms with Crippen molar-refractivity contribution in [1.29, 1.82) is 0 Å². The van der Waals surface area contributed by atoms with Gasteiger partial charge in [-0.2, -0.15) is 0 Å². The predicted molar refractivity (Wildman–Crippen MR) is 58.6 cm³/mol. The van der Waals surface area contributed by atoms with E-state index < -0.39 is 17.1 Å². The van der Waals surface area contributed by atoms with Gasteiger partial charge in [-0.15, -0.1) is 0 Å². The van der Waals surface area contributed by atoms with E-state index >= 15 is 0 Å². The summed E-state index contributed by atoms with van der Waals surface area (Å²) in [6.45, 7) is 3.49. The molecule has 0 amide bonds. The Kier molecular flexibility index (Phi) is 2.50. The molecular formula is C12H11F2NO. The topological polar surface area (TPSA) is 32.9 Å². The number of aromatic amines is 1. The van der Waals surface area contributed by atoms with Gasteiger partial charge in [0.15, 0.2) is 5.43 Å². The monoisotopic (exact) mass is 223 g/mol. The molecule has 2 nitrogen and oxygen atoms in total. The van der Waals surface area contributed by atoms with E-state index in [-0.39, 0.29) is 10.9 Å². The third-order valence-electron chi connectivity index (χ3n) is 2.72. The fourth-order valence-electron chi connectivity index (χ4n) is 1.91. The summed E-state index contributed by atoms with van der Waals surface area (Å²) < 4.78 is 26.9. The van der Waals surface area contributed by atoms with E-state index in [4.69, 9.17) is 0 Å². The second kappa shape index (κ2) is 3.70. The average Bonchev–Trinajstić information content (AvgIpc) is 2.24. The van der Waals surface area contributed by atoms with Gasteiger partial charge in [-0.1, -0.05) is 6.92 Å². The molecule has 84 valence electrons. The van der Waals surface area contributed by atoms with Crippen LogP contribution in [0.5, 0.6) is 0 Å². The Morgan fingerprint density at radius 1 is 1.25 bits per heavy atom. The molecule has 1 aromatic carbocycles. The molecule has 0 aliphatic rings. The van der Waals surface area contributed by atoms with Gasteiger partial charge in [-0.25, -0.2) is 8.78 Å². The summed E-state index contributed by atoms with van der Waals surface area (Å²) in [5, 5.41) is -0.192. The Bertz CT molecular complexity index is 616. The molecule has 0 spiro atoms. The zero-order valence-corrected chi connectivity index (χ0v) is 9.03. The highest BCUT2D eigenvalue weighted by atomic mass is 19.1. The van der Waals surface area contributed by atoms with Crippen LogP contribution < -0.4 is 5.43 Å². The van der Waals surface area contributed by atoms with E-state index in [1.165, 1.54) is 0 Å². The van der Waals surface area contributed by atoms with Gasteiger partial charge in [0, 0.05) is 11.3 Å². The SMILES string of the molecule is CCc1c(C)[nH]c2c(F)ccc(F)c2c1=O. The molecule has 4 heteroatoms. The summed E-state index contributed by atoms with van der Waals surface area (Å²) >= 11 is 0. The molecule has 16 heavy (non-hydrogen) atoms. The molecular weight excluding hydrogens is 212 g/mol. The Hall–Kier alpha value is -1.71. The van der Waals surface area contributed by atoms with E-state index in [9.17, 15) is 13.6 Å². The van der Waals surface area contributed by atoms with Crippen LogP contribution in [0.2, 0.25) is 0 Å². The fourth-order valence-corrected chi connectivity index (χ4v) is 1.91. The normalized spacial score (nSPS) is 11.0. The van der Waals surface area contributed by atoms with Gasteiger partial charge < -0.3 is 4.98 Å². The highest BCUT2D eigenvalue weighted by Crippen LogP contribution is 2.18. The van der Waals surface area contributed by atoms with Crippen molar-refractivity contribution in [3.05, 3.63) is 45.2 Å². The van der Waals surface area contributed by atoms with Crippen LogP contribution >= 0.6 is 0 Å². The quantitative estimate of drug-likeness (QED) is 0.792. The molecule has 2 rings (SSSR count). The summed E-state index contributed by atoms with van der Waals surface area (Å²) in [4.78, 5) is 14.7. The van der Waals surface area contributed by atoms with Crippen molar-refractivity contribution in [1.82, 2.24) is 4.98 Å². The average molecular weight is 223 g/mol. The molecule has 0 fully saturated rings. The molecule has 0 saturated carbocycles. The van der Waals surface area contributed by atoms with E-state index in [1.54, 1.807) is 13.8 Å². The number of pyridine rings is 1. The number of nitrogens with one attached hydrogen (secondary N) is 1. The van der Waals surface area contributed by atoms with Crippen LogP contribution in [0.15, 0.2) is 16.9 Å². The van der Waals surface area contributed by atoms with Crippen molar-refractivity contribution in [2.24, 2.45) is 0 Å². The molecule has 0 bridgehead atoms. The van der Waals surface area contributed by atoms with Gasteiger partial charge in [0.2, 0.25) is 0 Å². The summed E-state index contributed by atoms with van der Waals surface area (Å²) in [6.07, 6.45) is 0.493. The first-order valence-electron chi connectivity index (χ1n) is 5.05. The highest BCUT2D eigenvalue weighted by Gasteiger charge is 2.14. The minimum absolute atomic E-state index is 0.0558. The maximum Gasteiger partial charge on any atom is 0.195 e. The minimum Gasteiger partial charge on any atom is -0.356 e. The minimum atomic E-state index is -0.688. The zero-order chi connectivity index (χ0) is 11.9. The Balaban J connectivity index is 3.05. The van der Waals surface area contributed by atoms with Crippen molar-refractivity contribution in [2.75, 3.05) is 0 Å². The Morgan fingerprint density at radius 3 is 2.50 bits per heavy atom. The number of hydrogen-bond donors (Lipinski definition) is 1. The molecule has 0 aliphatic carbocycles. The van der Waals surface area contributed by atoms with Crippen LogP contribution in [-0.4, -0.2) is 4.98 Å². The van der Waals surface area contributed by atoms with Crippen LogP contribution in [-0.2, 0) is 6.42 Å². The van der Waals surface area contributed by atoms with E-state index in [1.807, 2.05) is 0 Å². The summed E-state index contributed by atoms with van der Waals surface area (Å²) in [5.41, 5.74) is 0.604. The van der Waals surface area contributed by atoms with E-state index in [0.29, 0.717) is 17.7 Å². The molecule has 2 aromatic rings. The molecule has 0 saturated heterocycles. The Morgan fingerprint density at radius 2 is 1.88 bits per heavy atom. The maximum absolute atomic E-state index is 13.5. The second-order valence-electron chi connectivity index (χ2n) is 3.69. The number of rotatable bonds is 1. The van der Waals surface area contributed by atoms with Crippen molar-refractivity contribution in [3.63, 3.8) is 0 Å². The van der Waals surface area contributed by atoms with Crippen molar-refractivity contribution in [2.45, 2.75) is 20.3 Å². The van der Waals surface area contributed by atoms with Crippen LogP contribution in [0.25, 0.3) is 10.9 Å². The van der Waals surface area contributed by atoms with E-state index in [0.717, 1.165) is 12.1 Å². The third kappa shape index (κ3) is 1.41. The second-order valence-corrected chi connectivity index (χ2v) is 3.69. The maximum atomic E-state index is 13.5. The highest BCUT2D eigenvalue weighted by molar-refractivity contribution is 5.80. The lowest BCUT2D eigenvalue weighted by Crippen LogP contribution is -2.14. The van der Waals surface area contributed by atoms with Gasteiger partial charge in [-0.05, 0) is 25.5 Å². The molecule has 1 N–H and O–H groups in total. The number of H-pyrrole nitrogens is 1. The first kappa shape index (κ1) is 10.8. The Labute approximate surface area is 90.9 Å². The first-order valence-corrected chi connectivity index (χ1v) is 5.05. The largest absolute Gasteiger partial charge is 0.356 e. The lowest BCUT2D eigenvalue weighted by molar-refractivity contribution is 0.614. The van der Waals surface area contributed by atoms with Crippen LogP contribution in [0.1, 0.15) is 18.2 Å². The number of aryl methyl sites for hydroxylation is 1. The molecule has 0 aliphatic heterocycles. The lowest BCUT2D eigenvalue weighted by atomic mass is 10.1. The number of hydrogen-bond acceptors (Lipinski definition) is 1. The van der Waals surface area contributed by atoms with Gasteiger partial charge in [0.25, 0.3) is 0 Å². The number of halogens is 2. The fraction of sp³-hybridized carbons (Fsp3) is 0.250. The molecule has 1 aromatic heterocycles. The summed E-state index contributed by atoms with van der Waals surface area (Å²) in [5.74, 6) is -1.30. The van der Waals surface area contributed by atoms with Gasteiger partial charge in [0.1, 0.15) is 11.6 Å². The summed E-state index contributed by atoms with van der Waals surface area (Å²) in [6, 6.07) is 1.99. The van der Waals surface area contributed by atoms with E-state index in [2.05, 4.69) is 4.98 Å². The molecule has 0 unspecified atom stereocenters. The van der Waals surface area contributed by atoms with Gasteiger partial charge in [-0.3, -0.25) is 4.79 Å². The van der Waals surface area contributed by atoms with Gasteiger partial charge >= 0.3 is 0 Å². The summed E-state index contributed by atoms with van der Waals surface area (Å²) in [7, 11) is 0. The van der Waals surface area contributed by atoms with Crippen LogP contribution in [0.3, 0.4) is 0 Å². The van der Waals surface area contributed by atoms with Crippen molar-refractivity contribution in [3.8, 4) is 0 Å². The molecule has 1 heterocycles. The zero-order valence-electron chi connectivity index (χ0n) is 9.03. The molecule has 0 atom stereocenters. The van der Waals surface area contributed by atoms with Crippen LogP contribution in [0.4, 0.5) is 8.78 Å². The number of benzene rings is 1. The molecule has 0 radical (unpaired) electrons. The number of fused-ring (bicyclic) bond motifs is 1. The van der Waals surface area contributed by atoms with Crippen molar-refractivity contribution < 1.29 is 8.78 Å². The van der Waals surface area contributed by atoms with Gasteiger partial charge in [0.05, 0.1) is 10.9 Å².